The lowest BCUT2D eigenvalue weighted by Gasteiger charge is -2.08. The zero-order valence-corrected chi connectivity index (χ0v) is 13.2. The van der Waals surface area contributed by atoms with Gasteiger partial charge in [-0.1, -0.05) is 6.07 Å². The van der Waals surface area contributed by atoms with E-state index in [2.05, 4.69) is 35.9 Å². The Morgan fingerprint density at radius 2 is 2.10 bits per heavy atom. The SMILES string of the molecule is Cc1ccc(Oc2nc(Cl)nc(-n3ccnc3)n2)c(Br)c1. The Balaban J connectivity index is 1.95. The van der Waals surface area contributed by atoms with Gasteiger partial charge in [-0.05, 0) is 52.2 Å². The number of aromatic nitrogens is 5. The summed E-state index contributed by atoms with van der Waals surface area (Å²) in [6, 6.07) is 5.81. The van der Waals surface area contributed by atoms with Crippen LogP contribution in [0.5, 0.6) is 11.8 Å². The predicted molar refractivity (Wildman–Crippen MR) is 80.9 cm³/mol. The maximum atomic E-state index is 5.91. The highest BCUT2D eigenvalue weighted by Crippen LogP contribution is 2.29. The second-order valence-electron chi connectivity index (χ2n) is 4.19. The minimum absolute atomic E-state index is 0.0481. The maximum Gasteiger partial charge on any atom is 0.328 e. The number of aryl methyl sites for hydroxylation is 1. The molecule has 3 aromatic rings. The molecule has 2 heterocycles. The zero-order chi connectivity index (χ0) is 14.8. The van der Waals surface area contributed by atoms with Crippen molar-refractivity contribution < 1.29 is 4.74 Å². The molecule has 0 fully saturated rings. The van der Waals surface area contributed by atoms with E-state index in [0.29, 0.717) is 11.7 Å². The standard InChI is InChI=1S/C13H9BrClN5O/c1-8-2-3-10(9(14)6-8)21-13-18-11(15)17-12(19-13)20-5-4-16-7-20/h2-7H,1H3. The first kappa shape index (κ1) is 14.0. The van der Waals surface area contributed by atoms with Gasteiger partial charge in [-0.25, -0.2) is 4.98 Å². The molecule has 3 rings (SSSR count). The molecule has 0 bridgehead atoms. The number of imidazole rings is 1. The van der Waals surface area contributed by atoms with Gasteiger partial charge < -0.3 is 4.74 Å². The Hall–Kier alpha value is -1.99. The topological polar surface area (TPSA) is 65.7 Å². The highest BCUT2D eigenvalue weighted by Gasteiger charge is 2.10. The summed E-state index contributed by atoms with van der Waals surface area (Å²) in [5, 5.41) is 0.0481. The Labute approximate surface area is 133 Å². The van der Waals surface area contributed by atoms with E-state index in [9.17, 15) is 0 Å². The molecule has 8 heteroatoms. The normalized spacial score (nSPS) is 10.6. The monoisotopic (exact) mass is 365 g/mol. The molecule has 0 saturated carbocycles. The predicted octanol–water partition coefficient (Wildman–Crippen LogP) is 3.57. The molecule has 2 aromatic heterocycles. The maximum absolute atomic E-state index is 5.91. The van der Waals surface area contributed by atoms with Crippen molar-refractivity contribution in [1.82, 2.24) is 24.5 Å². The van der Waals surface area contributed by atoms with Gasteiger partial charge in [0.2, 0.25) is 11.2 Å². The van der Waals surface area contributed by atoms with Crippen LogP contribution in [-0.4, -0.2) is 24.5 Å². The van der Waals surface area contributed by atoms with Crippen molar-refractivity contribution in [3.8, 4) is 17.7 Å². The molecule has 0 aliphatic heterocycles. The van der Waals surface area contributed by atoms with Crippen LogP contribution in [-0.2, 0) is 0 Å². The van der Waals surface area contributed by atoms with Crippen LogP contribution >= 0.6 is 27.5 Å². The van der Waals surface area contributed by atoms with Gasteiger partial charge in [-0.15, -0.1) is 0 Å². The summed E-state index contributed by atoms with van der Waals surface area (Å²) in [5.74, 6) is 0.935. The molecule has 6 nitrogen and oxygen atoms in total. The third-order valence-electron chi connectivity index (χ3n) is 2.60. The number of nitrogens with zero attached hydrogens (tertiary/aromatic N) is 5. The van der Waals surface area contributed by atoms with Crippen molar-refractivity contribution in [1.29, 1.82) is 0 Å². The fraction of sp³-hybridized carbons (Fsp3) is 0.0769. The minimum atomic E-state index is 0.0481. The van der Waals surface area contributed by atoms with Crippen LogP contribution in [0.25, 0.3) is 5.95 Å². The molecule has 0 N–H and O–H groups in total. The number of benzene rings is 1. The molecule has 0 radical (unpaired) electrons. The number of rotatable bonds is 3. The molecule has 1 aromatic carbocycles. The summed E-state index contributed by atoms with van der Waals surface area (Å²) in [4.78, 5) is 16.1. The molecule has 0 spiro atoms. The zero-order valence-electron chi connectivity index (χ0n) is 10.9. The van der Waals surface area contributed by atoms with Gasteiger partial charge in [-0.2, -0.15) is 15.0 Å². The molecule has 0 atom stereocenters. The van der Waals surface area contributed by atoms with Crippen molar-refractivity contribution >= 4 is 27.5 Å². The average Bonchev–Trinajstić information content (AvgIpc) is 2.95. The van der Waals surface area contributed by atoms with Crippen molar-refractivity contribution in [2.45, 2.75) is 6.92 Å². The summed E-state index contributed by atoms with van der Waals surface area (Å²) in [6.45, 7) is 1.99. The number of hydrogen-bond donors (Lipinski definition) is 0. The fourth-order valence-corrected chi connectivity index (χ4v) is 2.37. The Morgan fingerprint density at radius 1 is 1.24 bits per heavy atom. The molecule has 0 aliphatic rings. The third-order valence-corrected chi connectivity index (χ3v) is 3.39. The van der Waals surface area contributed by atoms with E-state index in [1.165, 1.54) is 0 Å². The minimum Gasteiger partial charge on any atom is -0.423 e. The van der Waals surface area contributed by atoms with E-state index in [1.54, 1.807) is 23.3 Å². The third kappa shape index (κ3) is 3.20. The molecule has 21 heavy (non-hydrogen) atoms. The fourth-order valence-electron chi connectivity index (χ4n) is 1.65. The van der Waals surface area contributed by atoms with E-state index < -0.39 is 0 Å². The van der Waals surface area contributed by atoms with Gasteiger partial charge in [0, 0.05) is 12.4 Å². The first-order valence-electron chi connectivity index (χ1n) is 5.96. The summed E-state index contributed by atoms with van der Waals surface area (Å²) in [7, 11) is 0. The highest BCUT2D eigenvalue weighted by atomic mass is 79.9. The largest absolute Gasteiger partial charge is 0.423 e. The highest BCUT2D eigenvalue weighted by molar-refractivity contribution is 9.10. The van der Waals surface area contributed by atoms with Gasteiger partial charge in [0.1, 0.15) is 12.1 Å². The Kier molecular flexibility index (Phi) is 3.85. The van der Waals surface area contributed by atoms with Gasteiger partial charge in [0.05, 0.1) is 4.47 Å². The molecule has 0 saturated heterocycles. The van der Waals surface area contributed by atoms with Crippen molar-refractivity contribution in [3.63, 3.8) is 0 Å². The molecule has 0 amide bonds. The molecule has 106 valence electrons. The first-order valence-corrected chi connectivity index (χ1v) is 7.13. The smallest absolute Gasteiger partial charge is 0.328 e. The summed E-state index contributed by atoms with van der Waals surface area (Å²) >= 11 is 9.35. The van der Waals surface area contributed by atoms with E-state index >= 15 is 0 Å². The lowest BCUT2D eigenvalue weighted by atomic mass is 10.2. The average molecular weight is 367 g/mol. The van der Waals surface area contributed by atoms with E-state index in [-0.39, 0.29) is 11.3 Å². The quantitative estimate of drug-likeness (QED) is 0.709. The van der Waals surface area contributed by atoms with Crippen molar-refractivity contribution in [2.24, 2.45) is 0 Å². The lowest BCUT2D eigenvalue weighted by molar-refractivity contribution is 0.435. The van der Waals surface area contributed by atoms with Crippen LogP contribution in [0.1, 0.15) is 5.56 Å². The van der Waals surface area contributed by atoms with Crippen LogP contribution in [0, 0.1) is 6.92 Å². The van der Waals surface area contributed by atoms with Gasteiger partial charge >= 0.3 is 6.01 Å². The van der Waals surface area contributed by atoms with Crippen LogP contribution in [0.2, 0.25) is 5.28 Å². The second kappa shape index (κ2) is 5.79. The second-order valence-corrected chi connectivity index (χ2v) is 5.39. The first-order chi connectivity index (χ1) is 10.1. The summed E-state index contributed by atoms with van der Waals surface area (Å²) in [6.07, 6.45) is 4.89. The number of halogens is 2. The number of hydrogen-bond acceptors (Lipinski definition) is 5. The van der Waals surface area contributed by atoms with E-state index in [4.69, 9.17) is 16.3 Å². The van der Waals surface area contributed by atoms with Crippen LogP contribution in [0.15, 0.2) is 41.4 Å². The van der Waals surface area contributed by atoms with Gasteiger partial charge in [0.15, 0.2) is 0 Å². The molecule has 0 aliphatic carbocycles. The van der Waals surface area contributed by atoms with Crippen LogP contribution in [0.4, 0.5) is 0 Å². The van der Waals surface area contributed by atoms with E-state index in [1.807, 2.05) is 25.1 Å². The molecular weight excluding hydrogens is 358 g/mol. The summed E-state index contributed by atoms with van der Waals surface area (Å²) in [5.41, 5.74) is 1.11. The molecule has 0 unspecified atom stereocenters. The van der Waals surface area contributed by atoms with E-state index in [0.717, 1.165) is 10.0 Å². The van der Waals surface area contributed by atoms with Crippen LogP contribution < -0.4 is 4.74 Å². The Bertz CT molecular complexity index is 778. The number of ether oxygens (including phenoxy) is 1. The Morgan fingerprint density at radius 3 is 2.81 bits per heavy atom. The molecular formula is C13H9BrClN5O. The van der Waals surface area contributed by atoms with Crippen LogP contribution in [0.3, 0.4) is 0 Å². The van der Waals surface area contributed by atoms with Gasteiger partial charge in [-0.3, -0.25) is 4.57 Å². The van der Waals surface area contributed by atoms with Crippen molar-refractivity contribution in [2.75, 3.05) is 0 Å². The lowest BCUT2D eigenvalue weighted by Crippen LogP contribution is -2.03. The summed E-state index contributed by atoms with van der Waals surface area (Å²) < 4.78 is 8.08. The van der Waals surface area contributed by atoms with Gasteiger partial charge in [0.25, 0.3) is 0 Å². The van der Waals surface area contributed by atoms with Crippen molar-refractivity contribution in [3.05, 3.63) is 52.2 Å².